The molecule has 1 aliphatic carbocycles. The molecule has 2 aliphatic rings. The number of nitrogens with zero attached hydrogens (tertiary/aromatic N) is 1. The van der Waals surface area contributed by atoms with Gasteiger partial charge in [-0.1, -0.05) is 18.9 Å². The Morgan fingerprint density at radius 1 is 1.30 bits per heavy atom. The summed E-state index contributed by atoms with van der Waals surface area (Å²) in [6.07, 6.45) is 5.40. The highest BCUT2D eigenvalue weighted by Crippen LogP contribution is 2.40. The Hall–Kier alpha value is -1.26. The molecule has 4 nitrogen and oxygen atoms in total. The minimum Gasteiger partial charge on any atom is -0.506 e. The first kappa shape index (κ1) is 13.7. The smallest absolute Gasteiger partial charge is 0.138 e. The van der Waals surface area contributed by atoms with Crippen molar-refractivity contribution in [3.63, 3.8) is 0 Å². The molecule has 4 heteroatoms. The number of nitrogens with two attached hydrogens (primary N) is 1. The van der Waals surface area contributed by atoms with Crippen LogP contribution in [0.15, 0.2) is 18.2 Å². The monoisotopic (exact) mass is 276 g/mol. The second-order valence-corrected chi connectivity index (χ2v) is 6.42. The van der Waals surface area contributed by atoms with Gasteiger partial charge in [-0.25, -0.2) is 0 Å². The molecule has 0 spiro atoms. The van der Waals surface area contributed by atoms with Crippen molar-refractivity contribution in [2.75, 3.05) is 18.8 Å². The fourth-order valence-corrected chi connectivity index (χ4v) is 3.74. The van der Waals surface area contributed by atoms with Crippen LogP contribution in [0.25, 0.3) is 0 Å². The summed E-state index contributed by atoms with van der Waals surface area (Å²) in [6.45, 7) is 2.75. The lowest BCUT2D eigenvalue weighted by molar-refractivity contribution is -0.0967. The van der Waals surface area contributed by atoms with E-state index in [1.165, 1.54) is 12.8 Å². The number of aromatic hydroxyl groups is 1. The molecule has 0 radical (unpaired) electrons. The van der Waals surface area contributed by atoms with Crippen LogP contribution in [0.1, 0.15) is 37.7 Å². The van der Waals surface area contributed by atoms with E-state index in [1.54, 1.807) is 6.07 Å². The van der Waals surface area contributed by atoms with Crippen LogP contribution < -0.4 is 5.73 Å². The molecule has 1 saturated heterocycles. The molecule has 2 unspecified atom stereocenters. The number of aliphatic hydroxyl groups is 1. The number of hydrogen-bond donors (Lipinski definition) is 3. The van der Waals surface area contributed by atoms with Crippen LogP contribution in [0.5, 0.6) is 5.75 Å². The molecule has 3 rings (SSSR count). The maximum atomic E-state index is 10.7. The average Bonchev–Trinajstić information content (AvgIpc) is 2.43. The van der Waals surface area contributed by atoms with Gasteiger partial charge in [0, 0.05) is 25.6 Å². The Labute approximate surface area is 120 Å². The summed E-state index contributed by atoms with van der Waals surface area (Å²) >= 11 is 0. The van der Waals surface area contributed by atoms with Gasteiger partial charge in [0.15, 0.2) is 0 Å². The van der Waals surface area contributed by atoms with E-state index < -0.39 is 5.60 Å². The number of piperidine rings is 1. The Bertz CT molecular complexity index is 491. The van der Waals surface area contributed by atoms with Crippen molar-refractivity contribution < 1.29 is 10.2 Å². The molecule has 0 bridgehead atoms. The van der Waals surface area contributed by atoms with Crippen molar-refractivity contribution in [1.29, 1.82) is 0 Å². The molecule has 20 heavy (non-hydrogen) atoms. The highest BCUT2D eigenvalue weighted by Gasteiger charge is 2.42. The summed E-state index contributed by atoms with van der Waals surface area (Å²) < 4.78 is 0. The maximum absolute atomic E-state index is 10.7. The normalized spacial score (nSPS) is 30.9. The minimum absolute atomic E-state index is 0.147. The predicted molar refractivity (Wildman–Crippen MR) is 79.3 cm³/mol. The van der Waals surface area contributed by atoms with E-state index in [4.69, 9.17) is 5.73 Å². The van der Waals surface area contributed by atoms with Gasteiger partial charge in [-0.3, -0.25) is 4.90 Å². The van der Waals surface area contributed by atoms with Gasteiger partial charge in [0.1, 0.15) is 5.75 Å². The van der Waals surface area contributed by atoms with Crippen LogP contribution in [0, 0.1) is 5.92 Å². The lowest BCUT2D eigenvalue weighted by Gasteiger charge is -2.47. The van der Waals surface area contributed by atoms with E-state index in [0.29, 0.717) is 11.6 Å². The van der Waals surface area contributed by atoms with E-state index in [2.05, 4.69) is 4.90 Å². The Kier molecular flexibility index (Phi) is 3.61. The van der Waals surface area contributed by atoms with Crippen molar-refractivity contribution in [2.45, 2.75) is 44.2 Å². The van der Waals surface area contributed by atoms with Crippen molar-refractivity contribution in [2.24, 2.45) is 5.92 Å². The number of phenols is 1. The first-order valence-corrected chi connectivity index (χ1v) is 7.59. The fraction of sp³-hybridized carbons (Fsp3) is 0.625. The first-order chi connectivity index (χ1) is 9.57. The van der Waals surface area contributed by atoms with E-state index >= 15 is 0 Å². The van der Waals surface area contributed by atoms with Gasteiger partial charge in [0.25, 0.3) is 0 Å². The van der Waals surface area contributed by atoms with Gasteiger partial charge in [0.2, 0.25) is 0 Å². The topological polar surface area (TPSA) is 69.7 Å². The summed E-state index contributed by atoms with van der Waals surface area (Å²) in [4.78, 5) is 2.40. The maximum Gasteiger partial charge on any atom is 0.138 e. The van der Waals surface area contributed by atoms with Gasteiger partial charge >= 0.3 is 0 Å². The zero-order valence-corrected chi connectivity index (χ0v) is 11.9. The Morgan fingerprint density at radius 3 is 2.95 bits per heavy atom. The number of fused-ring (bicyclic) bond motifs is 1. The molecule has 1 heterocycles. The van der Waals surface area contributed by atoms with Crippen molar-refractivity contribution in [3.8, 4) is 5.75 Å². The van der Waals surface area contributed by atoms with Gasteiger partial charge in [-0.05, 0) is 37.0 Å². The van der Waals surface area contributed by atoms with E-state index in [-0.39, 0.29) is 5.75 Å². The zero-order chi connectivity index (χ0) is 14.2. The summed E-state index contributed by atoms with van der Waals surface area (Å²) in [5.41, 5.74) is 6.90. The van der Waals surface area contributed by atoms with Crippen LogP contribution in [-0.2, 0) is 6.54 Å². The van der Waals surface area contributed by atoms with Crippen molar-refractivity contribution >= 4 is 5.69 Å². The highest BCUT2D eigenvalue weighted by atomic mass is 16.3. The van der Waals surface area contributed by atoms with Crippen LogP contribution in [-0.4, -0.2) is 33.8 Å². The third kappa shape index (κ3) is 2.63. The molecule has 1 aromatic carbocycles. The molecule has 0 amide bonds. The largest absolute Gasteiger partial charge is 0.506 e. The molecule has 4 N–H and O–H groups in total. The standard InChI is InChI=1S/C16H24N2O2/c17-14-9-12(4-5-15(14)19)10-18-8-7-16(20)6-2-1-3-13(16)11-18/h4-5,9,13,19-20H,1-3,6-8,10-11,17H2. The summed E-state index contributed by atoms with van der Waals surface area (Å²) in [6, 6.07) is 5.43. The molecule has 110 valence electrons. The van der Waals surface area contributed by atoms with Gasteiger partial charge in [-0.2, -0.15) is 0 Å². The van der Waals surface area contributed by atoms with E-state index in [1.807, 2.05) is 12.1 Å². The third-order valence-electron chi connectivity index (χ3n) is 5.01. The molecular weight excluding hydrogens is 252 g/mol. The number of nitrogen functional groups attached to an aromatic ring is 1. The lowest BCUT2D eigenvalue weighted by Crippen LogP contribution is -2.52. The number of benzene rings is 1. The van der Waals surface area contributed by atoms with Crippen LogP contribution in [0.3, 0.4) is 0 Å². The highest BCUT2D eigenvalue weighted by molar-refractivity contribution is 5.53. The molecule has 1 saturated carbocycles. The van der Waals surface area contributed by atoms with Gasteiger partial charge < -0.3 is 15.9 Å². The molecule has 2 fully saturated rings. The molecule has 1 aromatic rings. The predicted octanol–water partition coefficient (Wildman–Crippen LogP) is 2.10. The minimum atomic E-state index is -0.414. The van der Waals surface area contributed by atoms with Crippen molar-refractivity contribution in [1.82, 2.24) is 4.90 Å². The molecule has 2 atom stereocenters. The average molecular weight is 276 g/mol. The first-order valence-electron chi connectivity index (χ1n) is 7.59. The second kappa shape index (κ2) is 5.26. The summed E-state index contributed by atoms with van der Waals surface area (Å²) in [7, 11) is 0. The molecular formula is C16H24N2O2. The van der Waals surface area contributed by atoms with E-state index in [0.717, 1.165) is 44.5 Å². The quantitative estimate of drug-likeness (QED) is 0.571. The van der Waals surface area contributed by atoms with Crippen LogP contribution in [0.4, 0.5) is 5.69 Å². The number of likely N-dealkylation sites (tertiary alicyclic amines) is 1. The number of hydrogen-bond acceptors (Lipinski definition) is 4. The van der Waals surface area contributed by atoms with Gasteiger partial charge in [-0.15, -0.1) is 0 Å². The second-order valence-electron chi connectivity index (χ2n) is 6.42. The molecule has 0 aromatic heterocycles. The SMILES string of the molecule is Nc1cc(CN2CCC3(O)CCCCC3C2)ccc1O. The van der Waals surface area contributed by atoms with E-state index in [9.17, 15) is 10.2 Å². The Balaban J connectivity index is 1.66. The summed E-state index contributed by atoms with van der Waals surface area (Å²) in [5, 5.41) is 20.1. The molecule has 1 aliphatic heterocycles. The lowest BCUT2D eigenvalue weighted by atomic mass is 9.71. The van der Waals surface area contributed by atoms with Gasteiger partial charge in [0.05, 0.1) is 11.3 Å². The fourth-order valence-electron chi connectivity index (χ4n) is 3.74. The third-order valence-corrected chi connectivity index (χ3v) is 5.01. The zero-order valence-electron chi connectivity index (χ0n) is 11.9. The van der Waals surface area contributed by atoms with Crippen LogP contribution in [0.2, 0.25) is 0 Å². The van der Waals surface area contributed by atoms with Crippen molar-refractivity contribution in [3.05, 3.63) is 23.8 Å². The Morgan fingerprint density at radius 2 is 2.15 bits per heavy atom. The summed E-state index contributed by atoms with van der Waals surface area (Å²) in [5.74, 6) is 0.563. The number of rotatable bonds is 2. The number of anilines is 1. The number of phenolic OH excluding ortho intramolecular Hbond substituents is 1. The van der Waals surface area contributed by atoms with Crippen LogP contribution >= 0.6 is 0 Å².